The van der Waals surface area contributed by atoms with Gasteiger partial charge >= 0.3 is 5.97 Å². The van der Waals surface area contributed by atoms with Crippen LogP contribution in [0.5, 0.6) is 0 Å². The number of aliphatic hydroxyl groups is 6. The summed E-state index contributed by atoms with van der Waals surface area (Å²) in [6.07, 6.45) is 0.744. The molecular weight excluding hydrogens is 644 g/mol. The topological polar surface area (TPSA) is 219 Å². The van der Waals surface area contributed by atoms with Crippen LogP contribution in [0.25, 0.3) is 0 Å². The van der Waals surface area contributed by atoms with Gasteiger partial charge in [0.1, 0.15) is 50.5 Å². The van der Waals surface area contributed by atoms with Gasteiger partial charge in [0, 0.05) is 31.1 Å². The van der Waals surface area contributed by atoms with Crippen molar-refractivity contribution in [1.29, 1.82) is 0 Å². The lowest BCUT2D eigenvalue weighted by Gasteiger charge is -2.65. The molecule has 0 aromatic rings. The summed E-state index contributed by atoms with van der Waals surface area (Å²) in [5.74, 6) is -0.985. The van der Waals surface area contributed by atoms with E-state index < -0.39 is 71.7 Å². The Kier molecular flexibility index (Phi) is 10.8. The van der Waals surface area contributed by atoms with Crippen molar-refractivity contribution in [2.75, 3.05) is 39.6 Å². The molecule has 14 heteroatoms. The largest absolute Gasteiger partial charge is 0.458 e. The number of aliphatic hydroxyl groups excluding tert-OH is 4. The second-order valence-corrected chi connectivity index (χ2v) is 15.4. The number of fused-ring (bicyclic) bond motifs is 5. The minimum atomic E-state index is -1.60. The molecule has 0 amide bonds. The average Bonchev–Trinajstić information content (AvgIpc) is 3.63. The Morgan fingerprint density at radius 2 is 1.73 bits per heavy atom. The molecule has 49 heavy (non-hydrogen) atoms. The summed E-state index contributed by atoms with van der Waals surface area (Å²) in [4.78, 5) is 37.1. The summed E-state index contributed by atoms with van der Waals surface area (Å²) in [6, 6.07) is 0. The Balaban J connectivity index is 0.954. The molecule has 0 aromatic carbocycles. The lowest BCUT2D eigenvalue weighted by molar-refractivity contribution is -0.299. The molecule has 276 valence electrons. The van der Waals surface area contributed by atoms with Crippen molar-refractivity contribution in [2.24, 2.45) is 28.6 Å². The lowest BCUT2D eigenvalue weighted by atomic mass is 9.41. The zero-order valence-electron chi connectivity index (χ0n) is 28.1. The first-order chi connectivity index (χ1) is 23.3. The van der Waals surface area contributed by atoms with Gasteiger partial charge in [-0.15, -0.1) is 0 Å². The van der Waals surface area contributed by atoms with E-state index in [0.717, 1.165) is 24.7 Å². The molecule has 0 bridgehead atoms. The number of ketones is 1. The van der Waals surface area contributed by atoms with Gasteiger partial charge < -0.3 is 59.1 Å². The normalized spacial score (nSPS) is 46.3. The van der Waals surface area contributed by atoms with Crippen LogP contribution in [0.3, 0.4) is 0 Å². The first-order valence-electron chi connectivity index (χ1n) is 17.7. The molecule has 1 saturated heterocycles. The average molecular weight is 697 g/mol. The van der Waals surface area contributed by atoms with Crippen LogP contribution >= 0.6 is 0 Å². The van der Waals surface area contributed by atoms with Gasteiger partial charge in [-0.25, -0.2) is 4.79 Å². The fourth-order valence-electron chi connectivity index (χ4n) is 10.5. The van der Waals surface area contributed by atoms with E-state index in [0.29, 0.717) is 58.0 Å². The zero-order valence-corrected chi connectivity index (χ0v) is 28.1. The van der Waals surface area contributed by atoms with Crippen LogP contribution in [0.15, 0.2) is 11.6 Å². The molecule has 4 aliphatic carbocycles. The standard InChI is InChI=1S/C35H52O14/c1-32-7-4-24-25(35(32,44)10-6-23(32)20-13-27(39)47-16-20)5-9-34(43)14-22(3-8-33(24,34)19-37)46-12-2-11-45-17-21(38)18-48-31-30(42)29(41)28(40)26(15-36)49-31/h13,19,22-26,28-31,36,40-44H,2-12,14-18H2,1H3. The number of carbonyl (C=O) groups is 3. The maximum Gasteiger partial charge on any atom is 0.331 e. The molecule has 13 atom stereocenters. The zero-order chi connectivity index (χ0) is 35.2. The number of rotatable bonds is 13. The first-order valence-corrected chi connectivity index (χ1v) is 17.7. The molecule has 6 rings (SSSR count). The molecule has 2 heterocycles. The van der Waals surface area contributed by atoms with Crippen molar-refractivity contribution in [1.82, 2.24) is 0 Å². The molecule has 14 nitrogen and oxygen atoms in total. The molecule has 6 aliphatic rings. The third-order valence-corrected chi connectivity index (χ3v) is 13.1. The van der Waals surface area contributed by atoms with E-state index in [2.05, 4.69) is 6.92 Å². The number of Topliss-reactive ketones (excluding diaryl/α,β-unsaturated/α-hetero) is 1. The summed E-state index contributed by atoms with van der Waals surface area (Å²) in [5, 5.41) is 63.5. The fourth-order valence-corrected chi connectivity index (χ4v) is 10.5. The van der Waals surface area contributed by atoms with Crippen molar-refractivity contribution >= 4 is 18.0 Å². The minimum absolute atomic E-state index is 0.0500. The lowest BCUT2D eigenvalue weighted by Crippen LogP contribution is -2.68. The van der Waals surface area contributed by atoms with Gasteiger partial charge in [0.25, 0.3) is 0 Å². The Bertz CT molecular complexity index is 1270. The molecule has 5 fully saturated rings. The predicted octanol–water partition coefficient (Wildman–Crippen LogP) is -0.285. The van der Waals surface area contributed by atoms with Crippen molar-refractivity contribution in [3.8, 4) is 0 Å². The Hall–Kier alpha value is -1.85. The van der Waals surface area contributed by atoms with Crippen LogP contribution < -0.4 is 0 Å². The number of aldehydes is 1. The maximum absolute atomic E-state index is 13.0. The van der Waals surface area contributed by atoms with Crippen molar-refractivity contribution in [3.63, 3.8) is 0 Å². The van der Waals surface area contributed by atoms with Crippen LogP contribution in [0.4, 0.5) is 0 Å². The Morgan fingerprint density at radius 3 is 2.45 bits per heavy atom. The first kappa shape index (κ1) is 36.9. The summed E-state index contributed by atoms with van der Waals surface area (Å²) < 4.78 is 27.2. The monoisotopic (exact) mass is 696 g/mol. The van der Waals surface area contributed by atoms with Crippen molar-refractivity contribution < 1.29 is 68.7 Å². The number of hydrogen-bond acceptors (Lipinski definition) is 14. The molecule has 6 N–H and O–H groups in total. The number of carbonyl (C=O) groups excluding carboxylic acids is 3. The second kappa shape index (κ2) is 14.3. The summed E-state index contributed by atoms with van der Waals surface area (Å²) in [7, 11) is 0. The van der Waals surface area contributed by atoms with Gasteiger partial charge in [-0.3, -0.25) is 4.79 Å². The Labute approximate surface area is 285 Å². The third-order valence-electron chi connectivity index (χ3n) is 13.1. The smallest absolute Gasteiger partial charge is 0.331 e. The number of ether oxygens (including phenoxy) is 5. The van der Waals surface area contributed by atoms with E-state index in [1.54, 1.807) is 6.08 Å². The van der Waals surface area contributed by atoms with Crippen molar-refractivity contribution in [3.05, 3.63) is 11.6 Å². The van der Waals surface area contributed by atoms with E-state index in [1.807, 2.05) is 0 Å². The highest BCUT2D eigenvalue weighted by molar-refractivity contribution is 5.85. The van der Waals surface area contributed by atoms with Crippen molar-refractivity contribution in [2.45, 2.75) is 119 Å². The van der Waals surface area contributed by atoms with Crippen LogP contribution in [0, 0.1) is 28.6 Å². The van der Waals surface area contributed by atoms with Gasteiger partial charge in [-0.2, -0.15) is 0 Å². The highest BCUT2D eigenvalue weighted by Gasteiger charge is 2.71. The highest BCUT2D eigenvalue weighted by Crippen LogP contribution is 2.70. The molecule has 2 aliphatic heterocycles. The Morgan fingerprint density at radius 1 is 0.959 bits per heavy atom. The summed E-state index contributed by atoms with van der Waals surface area (Å²) in [5.41, 5.74) is -2.67. The third kappa shape index (κ3) is 6.34. The van der Waals surface area contributed by atoms with E-state index in [1.165, 1.54) is 0 Å². The van der Waals surface area contributed by atoms with E-state index in [4.69, 9.17) is 23.7 Å². The maximum atomic E-state index is 13.0. The minimum Gasteiger partial charge on any atom is -0.458 e. The van der Waals surface area contributed by atoms with E-state index in [9.17, 15) is 45.0 Å². The number of cyclic esters (lactones) is 1. The highest BCUT2D eigenvalue weighted by atomic mass is 16.7. The molecule has 13 unspecified atom stereocenters. The van der Waals surface area contributed by atoms with Gasteiger partial charge in [-0.1, -0.05) is 6.92 Å². The SMILES string of the molecule is CC12CCC3C(CCC4(O)CC(OCCCOCC(=O)COC5OC(CO)C(O)C(O)C5O)CCC34C=O)C1(O)CCC2C1=CC(=O)OC1. The quantitative estimate of drug-likeness (QED) is 0.0829. The van der Waals surface area contributed by atoms with Crippen LogP contribution in [0.2, 0.25) is 0 Å². The van der Waals surface area contributed by atoms with Gasteiger partial charge in [-0.05, 0) is 81.1 Å². The molecule has 0 radical (unpaired) electrons. The fraction of sp³-hybridized carbons (Fsp3) is 0.857. The number of hydrogen-bond donors (Lipinski definition) is 6. The second-order valence-electron chi connectivity index (χ2n) is 15.4. The van der Waals surface area contributed by atoms with E-state index >= 15 is 0 Å². The van der Waals surface area contributed by atoms with Gasteiger partial charge in [0.05, 0.1) is 29.3 Å². The number of esters is 1. The molecule has 0 spiro atoms. The summed E-state index contributed by atoms with van der Waals surface area (Å²) in [6.45, 7) is 1.62. The molecule has 0 aromatic heterocycles. The van der Waals surface area contributed by atoms with Gasteiger partial charge in [0.15, 0.2) is 12.1 Å². The molecular formula is C35H52O14. The van der Waals surface area contributed by atoms with Gasteiger partial charge in [0.2, 0.25) is 0 Å². The molecule has 4 saturated carbocycles. The van der Waals surface area contributed by atoms with Crippen LogP contribution in [-0.2, 0) is 38.1 Å². The summed E-state index contributed by atoms with van der Waals surface area (Å²) >= 11 is 0. The van der Waals surface area contributed by atoms with Crippen LogP contribution in [-0.4, -0.2) is 136 Å². The van der Waals surface area contributed by atoms with Crippen LogP contribution in [0.1, 0.15) is 71.1 Å². The predicted molar refractivity (Wildman–Crippen MR) is 167 cm³/mol. The van der Waals surface area contributed by atoms with E-state index in [-0.39, 0.29) is 49.6 Å².